The molecule has 0 aromatic heterocycles. The minimum atomic E-state index is -1.75. The maximum atomic E-state index is 12.2. The second kappa shape index (κ2) is 29.0. The fourth-order valence-electron chi connectivity index (χ4n) is 25.2. The molecule has 572 valence electrons. The van der Waals surface area contributed by atoms with E-state index in [0.29, 0.717) is 37.5 Å². The molecule has 11 fully saturated rings. The Morgan fingerprint density at radius 3 is 1.10 bits per heavy atom. The summed E-state index contributed by atoms with van der Waals surface area (Å²) in [5.74, 6) is 1.24. The molecule has 2 unspecified atom stereocenters. The van der Waals surface area contributed by atoms with E-state index in [1.54, 1.807) is 0 Å². The number of hydrogen-bond donors (Lipinski definition) is 15. The number of hydrogen-bond acceptors (Lipinski definition) is 21. The SMILES string of the molecule is CC(C)=CCCC(C)(O)[C@H]1CC[C@]2(C)[C@@H]1[C@H](O)C[C@@H]1[C@@]3(C)CC[C@H](O[C@H]4O[C@H](CO)[C@@H](O)[C@H](O)[C@H]4O)C(C)(C)[C@@H]3CC[C@]12C.CC(C)=CCCC(C)(O)[C@H]1CC[C@]2(C)[C@@H]1[C@H](O)C[C@@H]1[C@@]3(C)CC[C@H](O[C@H]4O[C@H](CO)[C@@H](O)[C@H](O)[C@H]4O[C@@H]4O[C@H](CO)[C@@H](O)[C@H](O)[C@H]4O)C(C)(C)[C@@H]3CC[C@]12C. The second-order valence-corrected chi connectivity index (χ2v) is 37.4. The molecular weight excluding hydrogens is 1270 g/mol. The predicted octanol–water partition coefficient (Wildman–Crippen LogP) is 6.47. The van der Waals surface area contributed by atoms with Crippen molar-refractivity contribution in [3.05, 3.63) is 23.3 Å². The Labute approximate surface area is 590 Å². The van der Waals surface area contributed by atoms with Crippen LogP contribution >= 0.6 is 0 Å². The number of aliphatic hydroxyl groups excluding tert-OH is 13. The number of aliphatic hydroxyl groups is 15. The lowest BCUT2D eigenvalue weighted by atomic mass is 9.35. The molecule has 0 bridgehead atoms. The van der Waals surface area contributed by atoms with Crippen molar-refractivity contribution in [1.82, 2.24) is 0 Å². The summed E-state index contributed by atoms with van der Waals surface area (Å²) in [5, 5.41) is 162. The largest absolute Gasteiger partial charge is 0.394 e. The van der Waals surface area contributed by atoms with Crippen LogP contribution in [0, 0.1) is 90.7 Å². The van der Waals surface area contributed by atoms with Gasteiger partial charge in [0.25, 0.3) is 0 Å². The van der Waals surface area contributed by atoms with E-state index in [0.717, 1.165) is 89.9 Å². The Kier molecular flexibility index (Phi) is 23.5. The molecule has 15 N–H and O–H groups in total. The van der Waals surface area contributed by atoms with Gasteiger partial charge in [-0.1, -0.05) is 92.5 Å². The van der Waals surface area contributed by atoms with Crippen molar-refractivity contribution in [3.63, 3.8) is 0 Å². The molecule has 3 saturated heterocycles. The van der Waals surface area contributed by atoms with Gasteiger partial charge in [-0.05, 0) is 248 Å². The summed E-state index contributed by atoms with van der Waals surface area (Å²) in [7, 11) is 0. The van der Waals surface area contributed by atoms with Crippen molar-refractivity contribution in [1.29, 1.82) is 0 Å². The highest BCUT2D eigenvalue weighted by molar-refractivity contribution is 5.23. The van der Waals surface area contributed by atoms with Crippen molar-refractivity contribution in [2.24, 2.45) is 90.7 Å². The molecule has 35 atom stereocenters. The summed E-state index contributed by atoms with van der Waals surface area (Å²) in [5.41, 5.74) is -0.283. The predicted molar refractivity (Wildman–Crippen MR) is 369 cm³/mol. The molecule has 99 heavy (non-hydrogen) atoms. The highest BCUT2D eigenvalue weighted by atomic mass is 16.8. The first kappa shape index (κ1) is 80.2. The third-order valence-electron chi connectivity index (χ3n) is 31.1. The van der Waals surface area contributed by atoms with E-state index < -0.39 is 147 Å². The summed E-state index contributed by atoms with van der Waals surface area (Å²) in [6.07, 6.45) is -3.34. The fraction of sp³-hybridized carbons (Fsp3) is 0.949. The average molecular weight is 1410 g/mol. The van der Waals surface area contributed by atoms with Crippen LogP contribution in [0.1, 0.15) is 226 Å². The maximum Gasteiger partial charge on any atom is 0.187 e. The Hall–Kier alpha value is -1.36. The van der Waals surface area contributed by atoms with E-state index in [-0.39, 0.29) is 79.5 Å². The molecule has 0 spiro atoms. The number of allylic oxidation sites excluding steroid dienone is 4. The topological polar surface area (TPSA) is 359 Å². The van der Waals surface area contributed by atoms with Gasteiger partial charge in [0.1, 0.15) is 73.2 Å². The number of ether oxygens (including phenoxy) is 6. The number of rotatable bonds is 17. The first-order chi connectivity index (χ1) is 45.9. The van der Waals surface area contributed by atoms with Crippen molar-refractivity contribution in [3.8, 4) is 0 Å². The van der Waals surface area contributed by atoms with Crippen LogP contribution in [0.4, 0.5) is 0 Å². The molecule has 21 heteroatoms. The normalized spacial score (nSPS) is 51.8. The molecule has 11 aliphatic rings. The average Bonchev–Trinajstić information content (AvgIpc) is 1.67. The summed E-state index contributed by atoms with van der Waals surface area (Å²) in [6.45, 7) is 34.0. The lowest BCUT2D eigenvalue weighted by Crippen LogP contribution is -2.68. The lowest BCUT2D eigenvalue weighted by Gasteiger charge is -2.70. The van der Waals surface area contributed by atoms with Gasteiger partial charge in [0.2, 0.25) is 0 Å². The van der Waals surface area contributed by atoms with Gasteiger partial charge in [-0.2, -0.15) is 0 Å². The van der Waals surface area contributed by atoms with Crippen LogP contribution in [-0.2, 0) is 28.4 Å². The van der Waals surface area contributed by atoms with E-state index in [2.05, 4.69) is 109 Å². The molecule has 8 aliphatic carbocycles. The highest BCUT2D eigenvalue weighted by Crippen LogP contribution is 2.78. The zero-order chi connectivity index (χ0) is 73.2. The molecule has 0 aromatic rings. The summed E-state index contributed by atoms with van der Waals surface area (Å²) >= 11 is 0. The van der Waals surface area contributed by atoms with Crippen molar-refractivity contribution < 1.29 is 105 Å². The van der Waals surface area contributed by atoms with Crippen molar-refractivity contribution in [2.45, 2.75) is 354 Å². The summed E-state index contributed by atoms with van der Waals surface area (Å²) < 4.78 is 36.5. The quantitative estimate of drug-likeness (QED) is 0.0547. The van der Waals surface area contributed by atoms with Crippen molar-refractivity contribution in [2.75, 3.05) is 19.8 Å². The molecule has 0 aromatic carbocycles. The maximum absolute atomic E-state index is 12.2. The van der Waals surface area contributed by atoms with Crippen LogP contribution in [0.3, 0.4) is 0 Å². The summed E-state index contributed by atoms with van der Waals surface area (Å²) in [6, 6.07) is 0. The third-order valence-corrected chi connectivity index (χ3v) is 31.1. The molecule has 3 aliphatic heterocycles. The van der Waals surface area contributed by atoms with Crippen LogP contribution in [0.15, 0.2) is 23.3 Å². The smallest absolute Gasteiger partial charge is 0.187 e. The van der Waals surface area contributed by atoms with Crippen LogP contribution in [0.25, 0.3) is 0 Å². The molecule has 0 radical (unpaired) electrons. The van der Waals surface area contributed by atoms with Crippen LogP contribution < -0.4 is 0 Å². The Morgan fingerprint density at radius 1 is 0.404 bits per heavy atom. The van der Waals surface area contributed by atoms with Gasteiger partial charge in [-0.25, -0.2) is 0 Å². The fourth-order valence-corrected chi connectivity index (χ4v) is 25.2. The van der Waals surface area contributed by atoms with Gasteiger partial charge in [0.05, 0.1) is 55.4 Å². The minimum Gasteiger partial charge on any atom is -0.394 e. The highest BCUT2D eigenvalue weighted by Gasteiger charge is 2.74. The van der Waals surface area contributed by atoms with E-state index in [9.17, 15) is 76.6 Å². The Balaban J connectivity index is 0.000000220. The Bertz CT molecular complexity index is 2800. The van der Waals surface area contributed by atoms with Crippen LogP contribution in [0.2, 0.25) is 0 Å². The zero-order valence-corrected chi connectivity index (χ0v) is 62.8. The van der Waals surface area contributed by atoms with E-state index in [4.69, 9.17) is 28.4 Å². The van der Waals surface area contributed by atoms with Gasteiger partial charge in [-0.15, -0.1) is 0 Å². The number of fused-ring (bicyclic) bond motifs is 10. The zero-order valence-electron chi connectivity index (χ0n) is 62.8. The molecule has 3 heterocycles. The van der Waals surface area contributed by atoms with Gasteiger partial charge in [0, 0.05) is 0 Å². The van der Waals surface area contributed by atoms with E-state index in [1.165, 1.54) is 11.1 Å². The monoisotopic (exact) mass is 1410 g/mol. The minimum absolute atomic E-state index is 0.00798. The first-order valence-corrected chi connectivity index (χ1v) is 38.2. The van der Waals surface area contributed by atoms with Gasteiger partial charge in [0.15, 0.2) is 18.9 Å². The molecule has 21 nitrogen and oxygen atoms in total. The summed E-state index contributed by atoms with van der Waals surface area (Å²) in [4.78, 5) is 0. The van der Waals surface area contributed by atoms with E-state index >= 15 is 0 Å². The van der Waals surface area contributed by atoms with Gasteiger partial charge < -0.3 is 105 Å². The molecular formula is C78H134O21. The lowest BCUT2D eigenvalue weighted by molar-refractivity contribution is -0.378. The van der Waals surface area contributed by atoms with Gasteiger partial charge >= 0.3 is 0 Å². The molecule has 0 amide bonds. The molecule has 11 rings (SSSR count). The third kappa shape index (κ3) is 13.6. The van der Waals surface area contributed by atoms with Gasteiger partial charge in [-0.3, -0.25) is 0 Å². The van der Waals surface area contributed by atoms with Crippen molar-refractivity contribution >= 4 is 0 Å². The molecule has 8 saturated carbocycles. The van der Waals surface area contributed by atoms with Crippen LogP contribution in [0.5, 0.6) is 0 Å². The van der Waals surface area contributed by atoms with E-state index in [1.807, 2.05) is 13.8 Å². The standard InChI is InChI=1S/C42H72O13.C36H62O8/c1-21(2)10-9-14-42(8,51)22-11-16-41(7)29(22)23(45)18-27-39(5)15-13-28(38(3,4)26(39)12-17-40(27,41)6)54-37-35(33(49)31(47)25(20-44)53-37)55-36-34(50)32(48)30(46)24(19-43)52-36;1-20(2)10-9-14-36(8,42)21-11-16-35(7)27(21)22(38)18-25-33(5)15-13-26(32(3,4)24(33)12-17-34(25,35)6)44-31-30(41)29(40)28(39)23(19-37)43-31/h10,22-37,43-51H,9,11-20H2,1-8H3;10,21-31,37-42H,9,11-19H2,1-8H3/t22-,23+,24+,25+,26-,27+,28-,29-,30+,31+,32-,33-,34+,35+,36-,37+,39-,40+,41+,42?;21-,22+,23+,24-,25+,26-,27-,28+,29-,30+,31+,33-,34+,35+,36?/m00/s1. The van der Waals surface area contributed by atoms with Crippen LogP contribution in [-0.4, -0.2) is 224 Å². The first-order valence-electron chi connectivity index (χ1n) is 38.2. The second-order valence-electron chi connectivity index (χ2n) is 37.4. The Morgan fingerprint density at radius 2 is 0.737 bits per heavy atom.